The lowest BCUT2D eigenvalue weighted by molar-refractivity contribution is -0.122. The first kappa shape index (κ1) is 16.3. The summed E-state index contributed by atoms with van der Waals surface area (Å²) < 4.78 is 5.42. The number of para-hydroxylation sites is 1. The normalized spacial score (nSPS) is 19.6. The van der Waals surface area contributed by atoms with Crippen molar-refractivity contribution in [2.24, 2.45) is 5.92 Å². The van der Waals surface area contributed by atoms with Crippen LogP contribution in [0.25, 0.3) is 0 Å². The van der Waals surface area contributed by atoms with Crippen LogP contribution in [0.2, 0.25) is 0 Å². The summed E-state index contributed by atoms with van der Waals surface area (Å²) in [6, 6.07) is 8.95. The van der Waals surface area contributed by atoms with Crippen LogP contribution in [-0.2, 0) is 4.79 Å². The maximum atomic E-state index is 12.4. The molecule has 1 aromatic rings. The summed E-state index contributed by atoms with van der Waals surface area (Å²) in [5, 5.41) is 0. The van der Waals surface area contributed by atoms with Crippen LogP contribution in [0.5, 0.6) is 5.75 Å². The van der Waals surface area contributed by atoms with E-state index in [2.05, 4.69) is 13.5 Å². The number of hydrogen-bond donors (Lipinski definition) is 0. The Labute approximate surface area is 131 Å². The lowest BCUT2D eigenvalue weighted by Gasteiger charge is -2.35. The van der Waals surface area contributed by atoms with Gasteiger partial charge in [-0.25, -0.2) is 4.79 Å². The smallest absolute Gasteiger partial charge is 0.410 e. The van der Waals surface area contributed by atoms with Crippen molar-refractivity contribution in [3.63, 3.8) is 0 Å². The molecule has 1 aromatic carbocycles. The number of ketones is 1. The van der Waals surface area contributed by atoms with Gasteiger partial charge in [-0.2, -0.15) is 0 Å². The highest BCUT2D eigenvalue weighted by Crippen LogP contribution is 2.24. The average molecular weight is 301 g/mol. The summed E-state index contributed by atoms with van der Waals surface area (Å²) in [5.74, 6) is 1.14. The zero-order valence-corrected chi connectivity index (χ0v) is 13.0. The molecule has 0 aliphatic carbocycles. The van der Waals surface area contributed by atoms with Crippen LogP contribution in [0.1, 0.15) is 32.6 Å². The average Bonchev–Trinajstić information content (AvgIpc) is 2.48. The van der Waals surface area contributed by atoms with E-state index < -0.39 is 0 Å². The minimum absolute atomic E-state index is 0.0765. The molecule has 0 unspecified atom stereocenters. The van der Waals surface area contributed by atoms with Gasteiger partial charge in [0.25, 0.3) is 0 Å². The molecule has 0 N–H and O–H groups in total. The molecule has 1 aliphatic heterocycles. The van der Waals surface area contributed by atoms with Crippen molar-refractivity contribution in [2.75, 3.05) is 6.54 Å². The van der Waals surface area contributed by atoms with Crippen LogP contribution in [-0.4, -0.2) is 29.4 Å². The lowest BCUT2D eigenvalue weighted by Crippen LogP contribution is -2.48. The molecular formula is C18H23NO3. The van der Waals surface area contributed by atoms with E-state index in [0.717, 1.165) is 12.8 Å². The van der Waals surface area contributed by atoms with Gasteiger partial charge in [0.2, 0.25) is 0 Å². The monoisotopic (exact) mass is 301 g/mol. The SMILES string of the molecule is C=CC[C@@H](C)C[C@@H]1CC(=O)CCN1C(=O)Oc1ccccc1. The minimum atomic E-state index is -0.366. The van der Waals surface area contributed by atoms with Gasteiger partial charge in [-0.3, -0.25) is 4.79 Å². The van der Waals surface area contributed by atoms with E-state index in [9.17, 15) is 9.59 Å². The zero-order chi connectivity index (χ0) is 15.9. The Balaban J connectivity index is 2.03. The zero-order valence-electron chi connectivity index (χ0n) is 13.0. The third-order valence-corrected chi connectivity index (χ3v) is 3.96. The number of carbonyl (C=O) groups excluding carboxylic acids is 2. The molecular weight excluding hydrogens is 278 g/mol. The van der Waals surface area contributed by atoms with Gasteiger partial charge in [0.1, 0.15) is 11.5 Å². The fourth-order valence-corrected chi connectivity index (χ4v) is 2.85. The Morgan fingerprint density at radius 1 is 1.45 bits per heavy atom. The summed E-state index contributed by atoms with van der Waals surface area (Å²) in [4.78, 5) is 25.8. The number of rotatable bonds is 5. The molecule has 0 radical (unpaired) electrons. The van der Waals surface area contributed by atoms with E-state index in [1.165, 1.54) is 0 Å². The molecule has 0 saturated carbocycles. The van der Waals surface area contributed by atoms with E-state index in [0.29, 0.717) is 31.1 Å². The first-order chi connectivity index (χ1) is 10.6. The molecule has 0 bridgehead atoms. The van der Waals surface area contributed by atoms with Crippen molar-refractivity contribution in [1.82, 2.24) is 4.90 Å². The topological polar surface area (TPSA) is 46.6 Å². The number of ether oxygens (including phenoxy) is 1. The second-order valence-corrected chi connectivity index (χ2v) is 5.89. The van der Waals surface area contributed by atoms with Crippen molar-refractivity contribution in [3.05, 3.63) is 43.0 Å². The largest absolute Gasteiger partial charge is 0.415 e. The van der Waals surface area contributed by atoms with Crippen molar-refractivity contribution >= 4 is 11.9 Å². The maximum absolute atomic E-state index is 12.4. The maximum Gasteiger partial charge on any atom is 0.415 e. The Morgan fingerprint density at radius 3 is 2.86 bits per heavy atom. The van der Waals surface area contributed by atoms with Crippen molar-refractivity contribution in [1.29, 1.82) is 0 Å². The van der Waals surface area contributed by atoms with Crippen molar-refractivity contribution in [2.45, 2.75) is 38.6 Å². The van der Waals surface area contributed by atoms with E-state index in [4.69, 9.17) is 4.74 Å². The number of carbonyl (C=O) groups is 2. The highest BCUT2D eigenvalue weighted by molar-refractivity contribution is 5.82. The minimum Gasteiger partial charge on any atom is -0.410 e. The van der Waals surface area contributed by atoms with Gasteiger partial charge >= 0.3 is 6.09 Å². The molecule has 1 saturated heterocycles. The molecule has 22 heavy (non-hydrogen) atoms. The number of benzene rings is 1. The summed E-state index contributed by atoms with van der Waals surface area (Å²) >= 11 is 0. The number of nitrogens with zero attached hydrogens (tertiary/aromatic N) is 1. The predicted molar refractivity (Wildman–Crippen MR) is 85.8 cm³/mol. The number of Topliss-reactive ketones (excluding diaryl/α,β-unsaturated/α-hetero) is 1. The molecule has 1 amide bonds. The van der Waals surface area contributed by atoms with Gasteiger partial charge < -0.3 is 9.64 Å². The fraction of sp³-hybridized carbons (Fsp3) is 0.444. The third-order valence-electron chi connectivity index (χ3n) is 3.96. The van der Waals surface area contributed by atoms with E-state index >= 15 is 0 Å². The second-order valence-electron chi connectivity index (χ2n) is 5.89. The molecule has 1 aliphatic rings. The molecule has 2 atom stereocenters. The summed E-state index contributed by atoms with van der Waals surface area (Å²) in [7, 11) is 0. The Hall–Kier alpha value is -2.10. The first-order valence-electron chi connectivity index (χ1n) is 7.76. The van der Waals surface area contributed by atoms with Gasteiger partial charge in [-0.1, -0.05) is 31.2 Å². The number of likely N-dealkylation sites (tertiary alicyclic amines) is 1. The summed E-state index contributed by atoms with van der Waals surface area (Å²) in [6.45, 7) is 6.30. The molecule has 0 spiro atoms. The summed E-state index contributed by atoms with van der Waals surface area (Å²) in [5.41, 5.74) is 0. The Kier molecular flexibility index (Phi) is 5.75. The number of hydrogen-bond acceptors (Lipinski definition) is 3. The highest BCUT2D eigenvalue weighted by Gasteiger charge is 2.32. The number of allylic oxidation sites excluding steroid dienone is 1. The summed E-state index contributed by atoms with van der Waals surface area (Å²) in [6.07, 6.45) is 4.02. The molecule has 0 aromatic heterocycles. The molecule has 118 valence electrons. The van der Waals surface area contributed by atoms with Gasteiger partial charge in [-0.05, 0) is 30.9 Å². The number of piperidine rings is 1. The van der Waals surface area contributed by atoms with Gasteiger partial charge in [0, 0.05) is 25.4 Å². The molecule has 2 rings (SSSR count). The Morgan fingerprint density at radius 2 is 2.18 bits per heavy atom. The van der Waals surface area contributed by atoms with Crippen LogP contribution in [0.3, 0.4) is 0 Å². The van der Waals surface area contributed by atoms with Gasteiger partial charge in [-0.15, -0.1) is 6.58 Å². The first-order valence-corrected chi connectivity index (χ1v) is 7.76. The standard InChI is InChI=1S/C18H23NO3/c1-3-7-14(2)12-15-13-16(20)10-11-19(15)18(21)22-17-8-5-4-6-9-17/h3-6,8-9,14-15H,1,7,10-13H2,2H3/t14-,15-/m1/s1. The van der Waals surface area contributed by atoms with Crippen LogP contribution < -0.4 is 4.74 Å². The van der Waals surface area contributed by atoms with Crippen molar-refractivity contribution < 1.29 is 14.3 Å². The predicted octanol–water partition coefficient (Wildman–Crippen LogP) is 3.82. The van der Waals surface area contributed by atoms with Crippen LogP contribution in [0.4, 0.5) is 4.79 Å². The van der Waals surface area contributed by atoms with Crippen LogP contribution in [0, 0.1) is 5.92 Å². The Bertz CT molecular complexity index is 526. The van der Waals surface area contributed by atoms with E-state index in [1.807, 2.05) is 24.3 Å². The van der Waals surface area contributed by atoms with Gasteiger partial charge in [0.05, 0.1) is 0 Å². The van der Waals surface area contributed by atoms with Crippen LogP contribution >= 0.6 is 0 Å². The lowest BCUT2D eigenvalue weighted by atomic mass is 9.91. The molecule has 1 fully saturated rings. The van der Waals surface area contributed by atoms with Gasteiger partial charge in [0.15, 0.2) is 0 Å². The number of amides is 1. The molecule has 4 heteroatoms. The third kappa shape index (κ3) is 4.45. The quantitative estimate of drug-likeness (QED) is 0.777. The second kappa shape index (κ2) is 7.78. The van der Waals surface area contributed by atoms with Crippen molar-refractivity contribution in [3.8, 4) is 5.75 Å². The molecule has 4 nitrogen and oxygen atoms in total. The highest BCUT2D eigenvalue weighted by atomic mass is 16.6. The van der Waals surface area contributed by atoms with Crippen LogP contribution in [0.15, 0.2) is 43.0 Å². The van der Waals surface area contributed by atoms with E-state index in [1.54, 1.807) is 17.0 Å². The molecule has 1 heterocycles. The van der Waals surface area contributed by atoms with E-state index in [-0.39, 0.29) is 17.9 Å². The fourth-order valence-electron chi connectivity index (χ4n) is 2.85.